The minimum atomic E-state index is -0.562. The van der Waals surface area contributed by atoms with Crippen LogP contribution in [0.15, 0.2) is 24.3 Å². The Balaban J connectivity index is 1.64. The zero-order valence-corrected chi connectivity index (χ0v) is 13.3. The molecular formula is C17H24N2O3. The van der Waals surface area contributed by atoms with Crippen molar-refractivity contribution in [2.24, 2.45) is 0 Å². The van der Waals surface area contributed by atoms with Gasteiger partial charge in [0.2, 0.25) is 0 Å². The molecule has 1 N–H and O–H groups in total. The molecule has 5 nitrogen and oxygen atoms in total. The zero-order chi connectivity index (χ0) is 15.6. The molecule has 2 aliphatic heterocycles. The number of amides is 1. The van der Waals surface area contributed by atoms with Crippen LogP contribution in [-0.2, 0) is 9.47 Å². The maximum atomic E-state index is 12.6. The van der Waals surface area contributed by atoms with Gasteiger partial charge in [-0.3, -0.25) is 4.79 Å². The molecular weight excluding hydrogens is 280 g/mol. The number of likely N-dealkylation sites (tertiary alicyclic amines) is 1. The molecule has 1 amide bonds. The molecule has 2 aliphatic rings. The summed E-state index contributed by atoms with van der Waals surface area (Å²) >= 11 is 0. The lowest BCUT2D eigenvalue weighted by atomic mass is 10.1. The Bertz CT molecular complexity index is 521. The fourth-order valence-corrected chi connectivity index (χ4v) is 3.01. The fourth-order valence-electron chi connectivity index (χ4n) is 3.01. The van der Waals surface area contributed by atoms with E-state index in [1.807, 2.05) is 29.2 Å². The van der Waals surface area contributed by atoms with Gasteiger partial charge in [0.05, 0.1) is 19.8 Å². The molecule has 0 aromatic heterocycles. The van der Waals surface area contributed by atoms with E-state index in [2.05, 4.69) is 19.2 Å². The van der Waals surface area contributed by atoms with Gasteiger partial charge in [-0.05, 0) is 44.5 Å². The minimum absolute atomic E-state index is 0.0470. The van der Waals surface area contributed by atoms with Gasteiger partial charge >= 0.3 is 0 Å². The van der Waals surface area contributed by atoms with Crippen molar-refractivity contribution in [1.82, 2.24) is 4.90 Å². The van der Waals surface area contributed by atoms with Crippen molar-refractivity contribution in [2.75, 3.05) is 31.6 Å². The van der Waals surface area contributed by atoms with Gasteiger partial charge in [-0.2, -0.15) is 0 Å². The van der Waals surface area contributed by atoms with Gasteiger partial charge in [-0.1, -0.05) is 0 Å². The fraction of sp³-hybridized carbons (Fsp3) is 0.588. The number of hydrogen-bond donors (Lipinski definition) is 1. The largest absolute Gasteiger partial charge is 0.383 e. The van der Waals surface area contributed by atoms with Gasteiger partial charge in [0.1, 0.15) is 0 Å². The molecule has 1 aromatic rings. The molecule has 0 bridgehead atoms. The number of rotatable bonds is 3. The molecule has 2 saturated heterocycles. The number of ether oxygens (including phenoxy) is 2. The number of nitrogens with zero attached hydrogens (tertiary/aromatic N) is 1. The summed E-state index contributed by atoms with van der Waals surface area (Å²) in [6, 6.07) is 8.03. The summed E-state index contributed by atoms with van der Waals surface area (Å²) in [5.74, 6) is -0.515. The highest BCUT2D eigenvalue weighted by Gasteiger charge is 2.43. The van der Waals surface area contributed by atoms with Crippen molar-refractivity contribution < 1.29 is 14.3 Å². The highest BCUT2D eigenvalue weighted by molar-refractivity contribution is 5.94. The van der Waals surface area contributed by atoms with Crippen LogP contribution in [0.25, 0.3) is 0 Å². The maximum Gasteiger partial charge on any atom is 0.254 e. The van der Waals surface area contributed by atoms with Crippen LogP contribution in [-0.4, -0.2) is 48.9 Å². The molecule has 0 radical (unpaired) electrons. The van der Waals surface area contributed by atoms with Gasteiger partial charge in [0, 0.05) is 30.3 Å². The van der Waals surface area contributed by atoms with Crippen molar-refractivity contribution in [2.45, 2.75) is 38.5 Å². The third-order valence-electron chi connectivity index (χ3n) is 4.09. The molecule has 1 aromatic carbocycles. The zero-order valence-electron chi connectivity index (χ0n) is 13.3. The molecule has 3 rings (SSSR count). The second-order valence-electron chi connectivity index (χ2n) is 6.31. The molecule has 0 unspecified atom stereocenters. The molecule has 1 spiro atoms. The van der Waals surface area contributed by atoms with Crippen LogP contribution in [0.2, 0.25) is 0 Å². The SMILES string of the molecule is CC(C)Nc1ccc(C(=O)N2CCC3(C2)OCCCO3)cc1. The summed E-state index contributed by atoms with van der Waals surface area (Å²) in [5.41, 5.74) is 1.74. The van der Waals surface area contributed by atoms with Crippen LogP contribution in [0.1, 0.15) is 37.0 Å². The molecule has 0 aliphatic carbocycles. The Morgan fingerprint density at radius 2 is 1.91 bits per heavy atom. The Kier molecular flexibility index (Phi) is 4.36. The topological polar surface area (TPSA) is 50.8 Å². The number of carbonyl (C=O) groups excluding carboxylic acids is 1. The van der Waals surface area contributed by atoms with Gasteiger partial charge in [-0.15, -0.1) is 0 Å². The Morgan fingerprint density at radius 3 is 2.55 bits per heavy atom. The number of hydrogen-bond acceptors (Lipinski definition) is 4. The van der Waals surface area contributed by atoms with E-state index in [1.165, 1.54) is 0 Å². The van der Waals surface area contributed by atoms with E-state index in [4.69, 9.17) is 9.47 Å². The first kappa shape index (κ1) is 15.3. The van der Waals surface area contributed by atoms with E-state index in [1.54, 1.807) is 0 Å². The van der Waals surface area contributed by atoms with Crippen LogP contribution in [0.5, 0.6) is 0 Å². The second kappa shape index (κ2) is 6.26. The number of benzene rings is 1. The van der Waals surface area contributed by atoms with E-state index < -0.39 is 5.79 Å². The third kappa shape index (κ3) is 3.25. The summed E-state index contributed by atoms with van der Waals surface area (Å²) < 4.78 is 11.6. The van der Waals surface area contributed by atoms with Crippen molar-refractivity contribution >= 4 is 11.6 Å². The van der Waals surface area contributed by atoms with Crippen molar-refractivity contribution in [3.8, 4) is 0 Å². The quantitative estimate of drug-likeness (QED) is 0.932. The van der Waals surface area contributed by atoms with Gasteiger partial charge < -0.3 is 19.7 Å². The first-order valence-corrected chi connectivity index (χ1v) is 8.02. The van der Waals surface area contributed by atoms with E-state index >= 15 is 0 Å². The lowest BCUT2D eigenvalue weighted by Gasteiger charge is -2.33. The summed E-state index contributed by atoms with van der Waals surface area (Å²) in [6.07, 6.45) is 1.69. The Hall–Kier alpha value is -1.59. The smallest absolute Gasteiger partial charge is 0.254 e. The maximum absolute atomic E-state index is 12.6. The summed E-state index contributed by atoms with van der Waals surface area (Å²) in [4.78, 5) is 14.4. The normalized spacial score (nSPS) is 20.6. The first-order valence-electron chi connectivity index (χ1n) is 8.02. The average Bonchev–Trinajstić information content (AvgIpc) is 2.91. The van der Waals surface area contributed by atoms with Crippen LogP contribution in [0.4, 0.5) is 5.69 Å². The average molecular weight is 304 g/mol. The minimum Gasteiger partial charge on any atom is -0.383 e. The molecule has 22 heavy (non-hydrogen) atoms. The molecule has 0 atom stereocenters. The van der Waals surface area contributed by atoms with Gasteiger partial charge in [0.15, 0.2) is 5.79 Å². The van der Waals surface area contributed by atoms with Gasteiger partial charge in [-0.25, -0.2) is 0 Å². The molecule has 0 saturated carbocycles. The summed E-state index contributed by atoms with van der Waals surface area (Å²) in [5, 5.41) is 3.32. The van der Waals surface area contributed by atoms with Crippen LogP contribution in [0, 0.1) is 0 Å². The highest BCUT2D eigenvalue weighted by atomic mass is 16.7. The van der Waals surface area contributed by atoms with Crippen molar-refractivity contribution in [3.63, 3.8) is 0 Å². The van der Waals surface area contributed by atoms with E-state index in [9.17, 15) is 4.79 Å². The van der Waals surface area contributed by atoms with Crippen LogP contribution in [0.3, 0.4) is 0 Å². The predicted molar refractivity (Wildman–Crippen MR) is 85.0 cm³/mol. The monoisotopic (exact) mass is 304 g/mol. The predicted octanol–water partition coefficient (Wildman–Crippen LogP) is 2.49. The van der Waals surface area contributed by atoms with Crippen LogP contribution >= 0.6 is 0 Å². The number of anilines is 1. The third-order valence-corrected chi connectivity index (χ3v) is 4.09. The Morgan fingerprint density at radius 1 is 1.23 bits per heavy atom. The van der Waals surface area contributed by atoms with E-state index in [-0.39, 0.29) is 5.91 Å². The molecule has 5 heteroatoms. The highest BCUT2D eigenvalue weighted by Crippen LogP contribution is 2.30. The van der Waals surface area contributed by atoms with Crippen molar-refractivity contribution in [3.05, 3.63) is 29.8 Å². The molecule has 120 valence electrons. The summed E-state index contributed by atoms with van der Waals surface area (Å²) in [6.45, 7) is 6.83. The lowest BCUT2D eigenvalue weighted by molar-refractivity contribution is -0.256. The second-order valence-corrected chi connectivity index (χ2v) is 6.31. The molecule has 2 heterocycles. The standard InChI is InChI=1S/C17H24N2O3/c1-13(2)18-15-6-4-14(5-7-15)16(20)19-9-8-17(12-19)21-10-3-11-22-17/h4-7,13,18H,3,8-12H2,1-2H3. The number of carbonyl (C=O) groups is 1. The molecule has 2 fully saturated rings. The first-order chi connectivity index (χ1) is 10.6. The van der Waals surface area contributed by atoms with Crippen molar-refractivity contribution in [1.29, 1.82) is 0 Å². The van der Waals surface area contributed by atoms with E-state index in [0.29, 0.717) is 24.7 Å². The summed E-state index contributed by atoms with van der Waals surface area (Å²) in [7, 11) is 0. The Labute approximate surface area is 131 Å². The van der Waals surface area contributed by atoms with Crippen LogP contribution < -0.4 is 5.32 Å². The van der Waals surface area contributed by atoms with Gasteiger partial charge in [0.25, 0.3) is 5.91 Å². The van der Waals surface area contributed by atoms with E-state index in [0.717, 1.165) is 31.7 Å². The lowest BCUT2D eigenvalue weighted by Crippen LogP contribution is -2.44. The number of nitrogens with one attached hydrogen (secondary N) is 1.